The van der Waals surface area contributed by atoms with Gasteiger partial charge in [0.05, 0.1) is 6.04 Å². The molecular formula is C21H22ClN5OS. The first kappa shape index (κ1) is 19.8. The summed E-state index contributed by atoms with van der Waals surface area (Å²) in [4.78, 5) is 13.3. The topological polar surface area (TPSA) is 71.8 Å². The third-order valence-corrected chi connectivity index (χ3v) is 6.26. The van der Waals surface area contributed by atoms with E-state index in [4.69, 9.17) is 11.6 Å². The fourth-order valence-electron chi connectivity index (χ4n) is 3.51. The molecule has 1 aliphatic heterocycles. The number of carbonyl (C=O) groups is 1. The first-order valence-electron chi connectivity index (χ1n) is 9.46. The number of thioether (sulfide) groups is 1. The molecule has 0 spiro atoms. The van der Waals surface area contributed by atoms with Crippen LogP contribution in [0.4, 0.5) is 5.69 Å². The highest BCUT2D eigenvalue weighted by Crippen LogP contribution is 2.38. The van der Waals surface area contributed by atoms with Crippen LogP contribution in [0.5, 0.6) is 0 Å². The number of fused-ring (bicyclic) bond motifs is 1. The highest BCUT2D eigenvalue weighted by molar-refractivity contribution is 8.00. The molecule has 150 valence electrons. The highest BCUT2D eigenvalue weighted by atomic mass is 35.5. The van der Waals surface area contributed by atoms with Gasteiger partial charge in [-0.3, -0.25) is 4.79 Å². The van der Waals surface area contributed by atoms with Gasteiger partial charge >= 0.3 is 0 Å². The van der Waals surface area contributed by atoms with Gasteiger partial charge in [0.1, 0.15) is 5.25 Å². The summed E-state index contributed by atoms with van der Waals surface area (Å²) in [7, 11) is 0. The van der Waals surface area contributed by atoms with Gasteiger partial charge in [0.25, 0.3) is 0 Å². The number of carbonyl (C=O) groups excluding carboxylic acids is 1. The predicted octanol–water partition coefficient (Wildman–Crippen LogP) is 4.51. The molecule has 8 heteroatoms. The van der Waals surface area contributed by atoms with E-state index in [0.717, 1.165) is 34.6 Å². The standard InChI is InChI=1S/C21H22ClN5OS/c1-4-17-24-25-21-27(17)26-18(14-5-7-15(22)8-6-14)19(29-21)20(28)23-16-10-12(2)9-13(3)11-16/h5-11,18-19,26H,4H2,1-3H3,(H,23,28). The number of nitrogens with one attached hydrogen (secondary N) is 2. The maximum atomic E-state index is 13.3. The maximum Gasteiger partial charge on any atom is 0.240 e. The zero-order chi connectivity index (χ0) is 20.5. The van der Waals surface area contributed by atoms with Crippen molar-refractivity contribution in [2.75, 3.05) is 10.7 Å². The van der Waals surface area contributed by atoms with E-state index in [0.29, 0.717) is 10.2 Å². The third-order valence-electron chi connectivity index (χ3n) is 4.80. The van der Waals surface area contributed by atoms with Crippen molar-refractivity contribution in [2.45, 2.75) is 43.6 Å². The van der Waals surface area contributed by atoms with Crippen LogP contribution < -0.4 is 10.7 Å². The van der Waals surface area contributed by atoms with Crippen LogP contribution in [0.25, 0.3) is 0 Å². The molecule has 2 aromatic carbocycles. The van der Waals surface area contributed by atoms with Gasteiger partial charge in [0.15, 0.2) is 5.82 Å². The minimum absolute atomic E-state index is 0.0836. The number of aromatic nitrogens is 3. The molecule has 2 atom stereocenters. The summed E-state index contributed by atoms with van der Waals surface area (Å²) in [5, 5.41) is 12.5. The van der Waals surface area contributed by atoms with Crippen molar-refractivity contribution in [1.82, 2.24) is 14.9 Å². The summed E-state index contributed by atoms with van der Waals surface area (Å²) in [5.74, 6) is 0.749. The zero-order valence-electron chi connectivity index (χ0n) is 16.4. The number of nitrogens with zero attached hydrogens (tertiary/aromatic N) is 3. The Morgan fingerprint density at radius 3 is 2.52 bits per heavy atom. The molecule has 3 aromatic rings. The van der Waals surface area contributed by atoms with Crippen molar-refractivity contribution in [1.29, 1.82) is 0 Å². The van der Waals surface area contributed by atoms with Crippen molar-refractivity contribution in [3.8, 4) is 0 Å². The van der Waals surface area contributed by atoms with Gasteiger partial charge in [0, 0.05) is 17.1 Å². The van der Waals surface area contributed by atoms with E-state index in [2.05, 4.69) is 27.0 Å². The van der Waals surface area contributed by atoms with Crippen molar-refractivity contribution < 1.29 is 4.79 Å². The minimum atomic E-state index is -0.418. The second-order valence-corrected chi connectivity index (χ2v) is 8.70. The van der Waals surface area contributed by atoms with Crippen LogP contribution in [-0.4, -0.2) is 26.0 Å². The zero-order valence-corrected chi connectivity index (χ0v) is 18.0. The number of benzene rings is 2. The lowest BCUT2D eigenvalue weighted by atomic mass is 10.0. The molecule has 1 aromatic heterocycles. The van der Waals surface area contributed by atoms with E-state index in [1.165, 1.54) is 11.8 Å². The fraction of sp³-hybridized carbons (Fsp3) is 0.286. The molecule has 0 saturated carbocycles. The fourth-order valence-corrected chi connectivity index (χ4v) is 4.73. The quantitative estimate of drug-likeness (QED) is 0.641. The predicted molar refractivity (Wildman–Crippen MR) is 117 cm³/mol. The number of amides is 1. The molecule has 1 amide bonds. The second-order valence-electron chi connectivity index (χ2n) is 7.15. The summed E-state index contributed by atoms with van der Waals surface area (Å²) < 4.78 is 1.88. The summed E-state index contributed by atoms with van der Waals surface area (Å²) in [6.07, 6.45) is 0.743. The highest BCUT2D eigenvalue weighted by Gasteiger charge is 2.37. The Kier molecular flexibility index (Phi) is 5.52. The lowest BCUT2D eigenvalue weighted by Gasteiger charge is -2.33. The molecule has 29 heavy (non-hydrogen) atoms. The molecule has 0 saturated heterocycles. The Labute approximate surface area is 179 Å². The summed E-state index contributed by atoms with van der Waals surface area (Å²) >= 11 is 7.49. The first-order valence-corrected chi connectivity index (χ1v) is 10.7. The molecule has 2 heterocycles. The van der Waals surface area contributed by atoms with Crippen molar-refractivity contribution in [3.63, 3.8) is 0 Å². The number of aryl methyl sites for hydroxylation is 3. The second kappa shape index (κ2) is 8.08. The SMILES string of the molecule is CCc1nnc2n1NC(c1ccc(Cl)cc1)C(C(=O)Nc1cc(C)cc(C)c1)S2. The van der Waals surface area contributed by atoms with E-state index in [1.807, 2.05) is 61.8 Å². The Bertz CT molecular complexity index is 1030. The van der Waals surface area contributed by atoms with Crippen LogP contribution in [0.15, 0.2) is 47.6 Å². The third kappa shape index (κ3) is 4.11. The van der Waals surface area contributed by atoms with Crippen LogP contribution in [0.1, 0.15) is 35.5 Å². The van der Waals surface area contributed by atoms with Gasteiger partial charge in [-0.2, -0.15) is 0 Å². The van der Waals surface area contributed by atoms with Gasteiger partial charge in [-0.25, -0.2) is 4.68 Å². The van der Waals surface area contributed by atoms with E-state index < -0.39 is 5.25 Å². The molecule has 2 unspecified atom stereocenters. The van der Waals surface area contributed by atoms with E-state index in [-0.39, 0.29) is 11.9 Å². The Balaban J connectivity index is 1.67. The number of hydrogen-bond acceptors (Lipinski definition) is 5. The molecular weight excluding hydrogens is 406 g/mol. The monoisotopic (exact) mass is 427 g/mol. The number of halogens is 1. The van der Waals surface area contributed by atoms with Gasteiger partial charge in [-0.05, 0) is 54.8 Å². The Morgan fingerprint density at radius 1 is 1.17 bits per heavy atom. The van der Waals surface area contributed by atoms with Gasteiger partial charge in [-0.15, -0.1) is 10.2 Å². The molecule has 0 fully saturated rings. The average Bonchev–Trinajstić information content (AvgIpc) is 3.09. The molecule has 6 nitrogen and oxygen atoms in total. The van der Waals surface area contributed by atoms with Crippen LogP contribution in [-0.2, 0) is 11.2 Å². The Morgan fingerprint density at radius 2 is 1.86 bits per heavy atom. The van der Waals surface area contributed by atoms with Crippen LogP contribution in [0.3, 0.4) is 0 Å². The van der Waals surface area contributed by atoms with Crippen LogP contribution >= 0.6 is 23.4 Å². The summed E-state index contributed by atoms with van der Waals surface area (Å²) in [6, 6.07) is 13.3. The molecule has 4 rings (SSSR count). The maximum absolute atomic E-state index is 13.3. The molecule has 0 radical (unpaired) electrons. The van der Waals surface area contributed by atoms with Crippen molar-refractivity contribution in [2.24, 2.45) is 0 Å². The van der Waals surface area contributed by atoms with Crippen molar-refractivity contribution >= 4 is 35.0 Å². The number of rotatable bonds is 4. The normalized spacial score (nSPS) is 18.1. The molecule has 0 aliphatic carbocycles. The van der Waals surface area contributed by atoms with E-state index >= 15 is 0 Å². The summed E-state index contributed by atoms with van der Waals surface area (Å²) in [5.41, 5.74) is 7.43. The largest absolute Gasteiger partial charge is 0.325 e. The Hall–Kier alpha value is -2.51. The number of hydrogen-bond donors (Lipinski definition) is 2. The van der Waals surface area contributed by atoms with Crippen LogP contribution in [0, 0.1) is 13.8 Å². The molecule has 1 aliphatic rings. The molecule has 2 N–H and O–H groups in total. The van der Waals surface area contributed by atoms with E-state index in [1.54, 1.807) is 0 Å². The minimum Gasteiger partial charge on any atom is -0.325 e. The smallest absolute Gasteiger partial charge is 0.240 e. The summed E-state index contributed by atoms with van der Waals surface area (Å²) in [6.45, 7) is 6.06. The van der Waals surface area contributed by atoms with Crippen LogP contribution in [0.2, 0.25) is 5.02 Å². The average molecular weight is 428 g/mol. The first-order chi connectivity index (χ1) is 13.9. The van der Waals surface area contributed by atoms with Crippen molar-refractivity contribution in [3.05, 3.63) is 70.0 Å². The van der Waals surface area contributed by atoms with Gasteiger partial charge in [0.2, 0.25) is 11.1 Å². The van der Waals surface area contributed by atoms with E-state index in [9.17, 15) is 4.79 Å². The molecule has 0 bridgehead atoms. The number of anilines is 1. The van der Waals surface area contributed by atoms with Gasteiger partial charge < -0.3 is 10.7 Å². The lowest BCUT2D eigenvalue weighted by molar-refractivity contribution is -0.116. The van der Waals surface area contributed by atoms with Gasteiger partial charge in [-0.1, -0.05) is 48.5 Å². The lowest BCUT2D eigenvalue weighted by Crippen LogP contribution is -2.41.